The van der Waals surface area contributed by atoms with Gasteiger partial charge in [0.05, 0.1) is 5.41 Å². The van der Waals surface area contributed by atoms with Crippen LogP contribution in [0.2, 0.25) is 5.02 Å². The second kappa shape index (κ2) is 7.28. The monoisotopic (exact) mass is 309 g/mol. The molecular formula is C17H24ClNO2. The third-order valence-corrected chi connectivity index (χ3v) is 4.67. The van der Waals surface area contributed by atoms with Crippen LogP contribution in [0.4, 0.5) is 0 Å². The maximum Gasteiger partial charge on any atom is 0.232 e. The van der Waals surface area contributed by atoms with E-state index in [9.17, 15) is 4.79 Å². The van der Waals surface area contributed by atoms with Crippen molar-refractivity contribution in [3.8, 4) is 0 Å². The Kier molecular flexibility index (Phi) is 5.65. The second-order valence-electron chi connectivity index (χ2n) is 5.87. The summed E-state index contributed by atoms with van der Waals surface area (Å²) in [6.45, 7) is 1.41. The fraction of sp³-hybridized carbons (Fsp3) is 0.588. The fourth-order valence-electron chi connectivity index (χ4n) is 3.30. The molecule has 0 spiro atoms. The highest BCUT2D eigenvalue weighted by atomic mass is 35.5. The zero-order valence-electron chi connectivity index (χ0n) is 12.9. The van der Waals surface area contributed by atoms with Gasteiger partial charge in [0, 0.05) is 32.3 Å². The molecule has 21 heavy (non-hydrogen) atoms. The summed E-state index contributed by atoms with van der Waals surface area (Å²) in [5.74, 6) is 0.221. The Labute approximate surface area is 132 Å². The Morgan fingerprint density at radius 1 is 1.38 bits per heavy atom. The number of amides is 1. The number of hydrogen-bond donors (Lipinski definition) is 0. The van der Waals surface area contributed by atoms with Gasteiger partial charge in [-0.1, -0.05) is 36.6 Å². The molecule has 1 amide bonds. The molecule has 1 aromatic rings. The minimum Gasteiger partial charge on any atom is -0.385 e. The van der Waals surface area contributed by atoms with Crippen molar-refractivity contribution in [1.82, 2.24) is 4.90 Å². The van der Waals surface area contributed by atoms with Crippen molar-refractivity contribution < 1.29 is 9.53 Å². The van der Waals surface area contributed by atoms with Gasteiger partial charge in [0.15, 0.2) is 0 Å². The van der Waals surface area contributed by atoms with Crippen LogP contribution in [0.1, 0.15) is 37.7 Å². The first kappa shape index (κ1) is 16.3. The first-order chi connectivity index (χ1) is 10.1. The molecule has 0 atom stereocenters. The molecule has 0 bridgehead atoms. The summed E-state index contributed by atoms with van der Waals surface area (Å²) in [5, 5.41) is 0.702. The summed E-state index contributed by atoms with van der Waals surface area (Å²) in [7, 11) is 3.58. The van der Waals surface area contributed by atoms with Crippen molar-refractivity contribution in [2.75, 3.05) is 27.3 Å². The highest BCUT2D eigenvalue weighted by Crippen LogP contribution is 2.43. The average molecular weight is 310 g/mol. The molecule has 2 rings (SSSR count). The summed E-state index contributed by atoms with van der Waals surface area (Å²) < 4.78 is 5.07. The Bertz CT molecular complexity index is 483. The SMILES string of the molecule is COCCCN(C)C(=O)C1(c2cccc(Cl)c2)CCCC1. The molecule has 3 nitrogen and oxygen atoms in total. The Balaban J connectivity index is 2.20. The van der Waals surface area contributed by atoms with E-state index in [0.29, 0.717) is 11.6 Å². The standard InChI is InChI=1S/C17H24ClNO2/c1-19(11-6-12-21-2)16(20)17(9-3-4-10-17)14-7-5-8-15(18)13-14/h5,7-8,13H,3-4,6,9-12H2,1-2H3. The first-order valence-corrected chi connectivity index (χ1v) is 7.98. The second-order valence-corrected chi connectivity index (χ2v) is 6.31. The topological polar surface area (TPSA) is 29.5 Å². The molecule has 116 valence electrons. The number of nitrogens with zero attached hydrogens (tertiary/aromatic N) is 1. The smallest absolute Gasteiger partial charge is 0.232 e. The van der Waals surface area contributed by atoms with Gasteiger partial charge >= 0.3 is 0 Å². The average Bonchev–Trinajstić information content (AvgIpc) is 2.97. The van der Waals surface area contributed by atoms with Gasteiger partial charge in [-0.2, -0.15) is 0 Å². The predicted molar refractivity (Wildman–Crippen MR) is 85.7 cm³/mol. The molecule has 1 aliphatic carbocycles. The molecule has 1 aromatic carbocycles. The number of halogens is 1. The van der Waals surface area contributed by atoms with E-state index in [2.05, 4.69) is 0 Å². The van der Waals surface area contributed by atoms with Crippen LogP contribution in [0.5, 0.6) is 0 Å². The molecule has 1 saturated carbocycles. The van der Waals surface area contributed by atoms with Crippen LogP contribution in [-0.4, -0.2) is 38.1 Å². The van der Waals surface area contributed by atoms with Crippen molar-refractivity contribution in [3.05, 3.63) is 34.9 Å². The minimum atomic E-state index is -0.382. The van der Waals surface area contributed by atoms with Gasteiger partial charge in [-0.25, -0.2) is 0 Å². The molecular weight excluding hydrogens is 286 g/mol. The summed E-state index contributed by atoms with van der Waals surface area (Å²) in [6, 6.07) is 7.79. The highest BCUT2D eigenvalue weighted by molar-refractivity contribution is 6.30. The molecule has 1 aliphatic rings. The van der Waals surface area contributed by atoms with Crippen LogP contribution in [0.15, 0.2) is 24.3 Å². The van der Waals surface area contributed by atoms with E-state index >= 15 is 0 Å². The number of benzene rings is 1. The number of rotatable bonds is 6. The molecule has 0 unspecified atom stereocenters. The number of methoxy groups -OCH3 is 1. The summed E-state index contributed by atoms with van der Waals surface area (Å²) in [6.07, 6.45) is 4.90. The van der Waals surface area contributed by atoms with Crippen molar-refractivity contribution >= 4 is 17.5 Å². The van der Waals surface area contributed by atoms with Gasteiger partial charge in [0.1, 0.15) is 0 Å². The molecule has 0 aliphatic heterocycles. The van der Waals surface area contributed by atoms with Gasteiger partial charge in [-0.3, -0.25) is 4.79 Å². The Morgan fingerprint density at radius 3 is 2.71 bits per heavy atom. The molecule has 0 heterocycles. The zero-order valence-corrected chi connectivity index (χ0v) is 13.7. The Morgan fingerprint density at radius 2 is 2.10 bits per heavy atom. The Hall–Kier alpha value is -1.06. The van der Waals surface area contributed by atoms with E-state index in [4.69, 9.17) is 16.3 Å². The zero-order chi connectivity index (χ0) is 15.3. The van der Waals surface area contributed by atoms with E-state index in [1.807, 2.05) is 36.2 Å². The van der Waals surface area contributed by atoms with Crippen LogP contribution in [0, 0.1) is 0 Å². The van der Waals surface area contributed by atoms with E-state index in [0.717, 1.165) is 44.2 Å². The fourth-order valence-corrected chi connectivity index (χ4v) is 3.49. The molecule has 0 aromatic heterocycles. The van der Waals surface area contributed by atoms with E-state index in [1.54, 1.807) is 7.11 Å². The number of carbonyl (C=O) groups is 1. The molecule has 0 N–H and O–H groups in total. The lowest BCUT2D eigenvalue weighted by molar-refractivity contribution is -0.136. The maximum absolute atomic E-state index is 13.0. The van der Waals surface area contributed by atoms with Crippen molar-refractivity contribution in [2.45, 2.75) is 37.5 Å². The summed E-state index contributed by atoms with van der Waals surface area (Å²) in [5.41, 5.74) is 0.684. The maximum atomic E-state index is 13.0. The van der Waals surface area contributed by atoms with Gasteiger partial charge in [-0.05, 0) is 37.0 Å². The van der Waals surface area contributed by atoms with Crippen molar-refractivity contribution in [3.63, 3.8) is 0 Å². The van der Waals surface area contributed by atoms with E-state index < -0.39 is 0 Å². The lowest BCUT2D eigenvalue weighted by Gasteiger charge is -2.33. The summed E-state index contributed by atoms with van der Waals surface area (Å²) in [4.78, 5) is 14.9. The van der Waals surface area contributed by atoms with E-state index in [1.165, 1.54) is 0 Å². The third kappa shape index (κ3) is 3.58. The van der Waals surface area contributed by atoms with Gasteiger partial charge < -0.3 is 9.64 Å². The molecule has 0 radical (unpaired) electrons. The van der Waals surface area contributed by atoms with Crippen LogP contribution in [0.25, 0.3) is 0 Å². The van der Waals surface area contributed by atoms with Gasteiger partial charge in [0.2, 0.25) is 5.91 Å². The highest BCUT2D eigenvalue weighted by Gasteiger charge is 2.44. The quantitative estimate of drug-likeness (QED) is 0.751. The third-order valence-electron chi connectivity index (χ3n) is 4.43. The lowest BCUT2D eigenvalue weighted by Crippen LogP contribution is -2.44. The largest absolute Gasteiger partial charge is 0.385 e. The van der Waals surface area contributed by atoms with Gasteiger partial charge in [-0.15, -0.1) is 0 Å². The number of carbonyl (C=O) groups excluding carboxylic acids is 1. The number of hydrogen-bond acceptors (Lipinski definition) is 2. The number of likely N-dealkylation sites (N-methyl/N-ethyl adjacent to an activating group) is 1. The van der Waals surface area contributed by atoms with Crippen molar-refractivity contribution in [1.29, 1.82) is 0 Å². The molecule has 0 saturated heterocycles. The van der Waals surface area contributed by atoms with Crippen LogP contribution >= 0.6 is 11.6 Å². The number of ether oxygens (including phenoxy) is 1. The van der Waals surface area contributed by atoms with Crippen molar-refractivity contribution in [2.24, 2.45) is 0 Å². The van der Waals surface area contributed by atoms with Crippen LogP contribution < -0.4 is 0 Å². The minimum absolute atomic E-state index is 0.221. The van der Waals surface area contributed by atoms with Gasteiger partial charge in [0.25, 0.3) is 0 Å². The summed E-state index contributed by atoms with van der Waals surface area (Å²) >= 11 is 6.13. The lowest BCUT2D eigenvalue weighted by atomic mass is 9.77. The molecule has 1 fully saturated rings. The van der Waals surface area contributed by atoms with Crippen LogP contribution in [0.3, 0.4) is 0 Å². The normalized spacial score (nSPS) is 16.9. The predicted octanol–water partition coefficient (Wildman–Crippen LogP) is 3.65. The van der Waals surface area contributed by atoms with Crippen LogP contribution in [-0.2, 0) is 14.9 Å². The first-order valence-electron chi connectivity index (χ1n) is 7.61. The van der Waals surface area contributed by atoms with E-state index in [-0.39, 0.29) is 11.3 Å². The molecule has 4 heteroatoms.